The summed E-state index contributed by atoms with van der Waals surface area (Å²) >= 11 is 0. The van der Waals surface area contributed by atoms with Crippen LogP contribution in [0.4, 0.5) is 13.2 Å². The lowest BCUT2D eigenvalue weighted by Gasteiger charge is -2.27. The molecule has 122 valence electrons. The molecule has 0 amide bonds. The second-order valence-corrected chi connectivity index (χ2v) is 7.23. The summed E-state index contributed by atoms with van der Waals surface area (Å²) in [4.78, 5) is 10.9. The molecule has 0 saturated carbocycles. The number of carboxylic acids is 1. The van der Waals surface area contributed by atoms with E-state index in [1.54, 1.807) is 13.0 Å². The van der Waals surface area contributed by atoms with Crippen molar-refractivity contribution < 1.29 is 31.5 Å². The van der Waals surface area contributed by atoms with E-state index in [-0.39, 0.29) is 4.90 Å². The lowest BCUT2D eigenvalue weighted by molar-refractivity contribution is -0.226. The van der Waals surface area contributed by atoms with E-state index >= 15 is 0 Å². The number of carboxylic acid groups (broad SMARTS) is 1. The van der Waals surface area contributed by atoms with Crippen molar-refractivity contribution >= 4 is 16.0 Å². The van der Waals surface area contributed by atoms with Crippen LogP contribution < -0.4 is 0 Å². The summed E-state index contributed by atoms with van der Waals surface area (Å²) in [7, 11) is -4.16. The number of benzene rings is 1. The van der Waals surface area contributed by atoms with Crippen LogP contribution in [0.2, 0.25) is 0 Å². The van der Waals surface area contributed by atoms with Gasteiger partial charge in [-0.1, -0.05) is 12.1 Å². The quantitative estimate of drug-likeness (QED) is 0.916. The fraction of sp³-hybridized carbons (Fsp3) is 0.462. The van der Waals surface area contributed by atoms with Gasteiger partial charge in [0.05, 0.1) is 4.90 Å². The van der Waals surface area contributed by atoms with Crippen LogP contribution >= 0.6 is 0 Å². The lowest BCUT2D eigenvalue weighted by Crippen LogP contribution is -2.47. The largest absolute Gasteiger partial charge is 0.481 e. The highest BCUT2D eigenvalue weighted by Crippen LogP contribution is 2.46. The Balaban J connectivity index is 2.39. The molecule has 5 nitrogen and oxygen atoms in total. The van der Waals surface area contributed by atoms with Gasteiger partial charge in [0.1, 0.15) is 0 Å². The number of hydrogen-bond donors (Lipinski definition) is 1. The molecule has 0 aliphatic carbocycles. The molecule has 22 heavy (non-hydrogen) atoms. The molecule has 0 spiro atoms. The third-order valence-electron chi connectivity index (χ3n) is 3.81. The first-order valence-electron chi connectivity index (χ1n) is 6.38. The van der Waals surface area contributed by atoms with Crippen molar-refractivity contribution in [3.63, 3.8) is 0 Å². The van der Waals surface area contributed by atoms with E-state index in [9.17, 15) is 26.4 Å². The van der Waals surface area contributed by atoms with Crippen LogP contribution in [0, 0.1) is 12.3 Å². The highest BCUT2D eigenvalue weighted by atomic mass is 32.2. The van der Waals surface area contributed by atoms with Gasteiger partial charge in [-0.3, -0.25) is 4.79 Å². The van der Waals surface area contributed by atoms with E-state index in [0.29, 0.717) is 9.87 Å². The molecule has 1 aliphatic heterocycles. The summed E-state index contributed by atoms with van der Waals surface area (Å²) in [6, 6.07) is 5.74. The van der Waals surface area contributed by atoms with Gasteiger partial charge in [-0.2, -0.15) is 17.5 Å². The third-order valence-corrected chi connectivity index (χ3v) is 5.65. The van der Waals surface area contributed by atoms with Gasteiger partial charge in [-0.05, 0) is 31.0 Å². The van der Waals surface area contributed by atoms with Gasteiger partial charge < -0.3 is 5.11 Å². The fourth-order valence-electron chi connectivity index (χ4n) is 2.43. The minimum Gasteiger partial charge on any atom is -0.481 e. The van der Waals surface area contributed by atoms with Gasteiger partial charge in [0.25, 0.3) is 0 Å². The average molecular weight is 337 g/mol. The molecule has 2 rings (SSSR count). The average Bonchev–Trinajstić information content (AvgIpc) is 2.85. The van der Waals surface area contributed by atoms with Crippen LogP contribution in [0.25, 0.3) is 0 Å². The highest BCUT2D eigenvalue weighted by Gasteiger charge is 2.65. The van der Waals surface area contributed by atoms with Crippen molar-refractivity contribution in [2.75, 3.05) is 13.1 Å². The van der Waals surface area contributed by atoms with Crippen molar-refractivity contribution in [3.05, 3.63) is 29.8 Å². The number of aryl methyl sites for hydroxylation is 1. The standard InChI is InChI=1S/C13H14F3NO4S/c1-9-3-2-4-10(7-9)22(20,21)17-6-5-12(8-17,11(18)19)13(14,15)16/h2-4,7H,5-6,8H2,1H3,(H,18,19). The van der Waals surface area contributed by atoms with E-state index in [1.807, 2.05) is 0 Å². The van der Waals surface area contributed by atoms with E-state index in [1.165, 1.54) is 18.2 Å². The number of nitrogens with zero attached hydrogens (tertiary/aromatic N) is 1. The van der Waals surface area contributed by atoms with E-state index in [0.717, 1.165) is 0 Å². The molecule has 1 aliphatic rings. The molecule has 1 aromatic carbocycles. The molecule has 1 saturated heterocycles. The Labute approximate surface area is 125 Å². The topological polar surface area (TPSA) is 74.7 Å². The summed E-state index contributed by atoms with van der Waals surface area (Å²) in [6.07, 6.45) is -5.81. The van der Waals surface area contributed by atoms with Gasteiger partial charge in [0.2, 0.25) is 10.0 Å². The number of aliphatic carboxylic acids is 1. The Morgan fingerprint density at radius 1 is 1.36 bits per heavy atom. The van der Waals surface area contributed by atoms with Crippen LogP contribution in [0.15, 0.2) is 29.2 Å². The SMILES string of the molecule is Cc1cccc(S(=O)(=O)N2CCC(C(=O)O)(C(F)(F)F)C2)c1. The molecule has 1 aromatic rings. The number of rotatable bonds is 3. The molecule has 1 fully saturated rings. The maximum atomic E-state index is 13.1. The van der Waals surface area contributed by atoms with E-state index in [2.05, 4.69) is 0 Å². The molecule has 1 unspecified atom stereocenters. The predicted molar refractivity (Wildman–Crippen MR) is 70.7 cm³/mol. The Morgan fingerprint density at radius 2 is 2.00 bits per heavy atom. The minimum atomic E-state index is -5.02. The molecular weight excluding hydrogens is 323 g/mol. The summed E-state index contributed by atoms with van der Waals surface area (Å²) in [5, 5.41) is 8.96. The fourth-order valence-corrected chi connectivity index (χ4v) is 4.04. The Bertz CT molecular complexity index is 701. The maximum Gasteiger partial charge on any atom is 0.406 e. The smallest absolute Gasteiger partial charge is 0.406 e. The maximum absolute atomic E-state index is 13.1. The molecule has 1 atom stereocenters. The second kappa shape index (κ2) is 5.24. The molecule has 1 heterocycles. The molecule has 0 radical (unpaired) electrons. The van der Waals surface area contributed by atoms with Crippen molar-refractivity contribution in [1.82, 2.24) is 4.31 Å². The summed E-state index contributed by atoms with van der Waals surface area (Å²) in [5.41, 5.74) is -2.41. The van der Waals surface area contributed by atoms with Crippen LogP contribution in [-0.2, 0) is 14.8 Å². The van der Waals surface area contributed by atoms with E-state index in [4.69, 9.17) is 5.11 Å². The molecule has 9 heteroatoms. The zero-order chi connectivity index (χ0) is 16.8. The number of hydrogen-bond acceptors (Lipinski definition) is 3. The normalized spacial score (nSPS) is 23.6. The van der Waals surface area contributed by atoms with Crippen LogP contribution in [0.3, 0.4) is 0 Å². The monoisotopic (exact) mass is 337 g/mol. The van der Waals surface area contributed by atoms with Crippen molar-refractivity contribution in [2.45, 2.75) is 24.4 Å². The minimum absolute atomic E-state index is 0.143. The van der Waals surface area contributed by atoms with Crippen molar-refractivity contribution in [1.29, 1.82) is 0 Å². The Morgan fingerprint density at radius 3 is 2.45 bits per heavy atom. The number of halogens is 3. The van der Waals surface area contributed by atoms with Gasteiger partial charge >= 0.3 is 12.1 Å². The van der Waals surface area contributed by atoms with Gasteiger partial charge in [0.15, 0.2) is 5.41 Å². The highest BCUT2D eigenvalue weighted by molar-refractivity contribution is 7.89. The zero-order valence-corrected chi connectivity index (χ0v) is 12.4. The van der Waals surface area contributed by atoms with Crippen molar-refractivity contribution in [2.24, 2.45) is 5.41 Å². The van der Waals surface area contributed by atoms with Crippen LogP contribution in [0.1, 0.15) is 12.0 Å². The first-order valence-corrected chi connectivity index (χ1v) is 7.82. The molecular formula is C13H14F3NO4S. The molecule has 1 N–H and O–H groups in total. The van der Waals surface area contributed by atoms with Crippen molar-refractivity contribution in [3.8, 4) is 0 Å². The lowest BCUT2D eigenvalue weighted by atomic mass is 9.86. The Hall–Kier alpha value is -1.61. The van der Waals surface area contributed by atoms with E-state index < -0.39 is 47.1 Å². The summed E-state index contributed by atoms with van der Waals surface area (Å²) in [6.45, 7) is 0.0600. The van der Waals surface area contributed by atoms with Crippen LogP contribution in [-0.4, -0.2) is 43.1 Å². The number of carbonyl (C=O) groups is 1. The number of alkyl halides is 3. The molecule has 0 bridgehead atoms. The number of sulfonamides is 1. The van der Waals surface area contributed by atoms with Gasteiger partial charge in [-0.25, -0.2) is 8.42 Å². The first kappa shape index (κ1) is 16.8. The first-order chi connectivity index (χ1) is 10.0. The summed E-state index contributed by atoms with van der Waals surface area (Å²) < 4.78 is 64.6. The molecule has 0 aromatic heterocycles. The van der Waals surface area contributed by atoms with Gasteiger partial charge in [0, 0.05) is 13.1 Å². The third kappa shape index (κ3) is 2.58. The van der Waals surface area contributed by atoms with Crippen LogP contribution in [0.5, 0.6) is 0 Å². The second-order valence-electron chi connectivity index (χ2n) is 5.29. The summed E-state index contributed by atoms with van der Waals surface area (Å²) in [5.74, 6) is -2.05. The zero-order valence-electron chi connectivity index (χ0n) is 11.6. The van der Waals surface area contributed by atoms with Gasteiger partial charge in [-0.15, -0.1) is 0 Å². The Kier molecular flexibility index (Phi) is 3.99. The predicted octanol–water partition coefficient (Wildman–Crippen LogP) is 2.02.